The number of hydrogen-bond acceptors (Lipinski definition) is 5. The van der Waals surface area contributed by atoms with Crippen LogP contribution >= 0.6 is 0 Å². The Kier molecular flexibility index (Phi) is 6.47. The fourth-order valence-electron chi connectivity index (χ4n) is 3.82. The Balaban J connectivity index is 1.78. The molecular formula is C21H29N3O2. The van der Waals surface area contributed by atoms with Crippen molar-refractivity contribution in [3.05, 3.63) is 53.9 Å². The number of pyridine rings is 1. The maximum Gasteiger partial charge on any atom is 0.162 e. The highest BCUT2D eigenvalue weighted by atomic mass is 16.5. The van der Waals surface area contributed by atoms with Gasteiger partial charge in [-0.15, -0.1) is 0 Å². The molecule has 5 nitrogen and oxygen atoms in total. The third kappa shape index (κ3) is 4.54. The topological polar surface area (TPSA) is 48.8 Å². The number of methoxy groups -OCH3 is 1. The average Bonchev–Trinajstić information content (AvgIpc) is 3.11. The molecule has 1 fully saturated rings. The van der Waals surface area contributed by atoms with Crippen LogP contribution in [0.4, 0.5) is 0 Å². The molecule has 1 aromatic heterocycles. The highest BCUT2D eigenvalue weighted by molar-refractivity contribution is 5.45. The Morgan fingerprint density at radius 1 is 1.23 bits per heavy atom. The van der Waals surface area contributed by atoms with E-state index in [1.807, 2.05) is 30.5 Å². The fourth-order valence-corrected chi connectivity index (χ4v) is 3.82. The normalized spacial score (nSPS) is 17.7. The largest absolute Gasteiger partial charge is 0.504 e. The minimum Gasteiger partial charge on any atom is -0.504 e. The summed E-state index contributed by atoms with van der Waals surface area (Å²) in [6, 6.07) is 12.3. The van der Waals surface area contributed by atoms with E-state index >= 15 is 0 Å². The van der Waals surface area contributed by atoms with Gasteiger partial charge in [0.15, 0.2) is 11.5 Å². The number of aromatic nitrogens is 1. The lowest BCUT2D eigenvalue weighted by molar-refractivity contribution is 0.163. The van der Waals surface area contributed by atoms with Crippen molar-refractivity contribution in [2.45, 2.75) is 38.9 Å². The zero-order valence-electron chi connectivity index (χ0n) is 15.8. The van der Waals surface area contributed by atoms with Crippen molar-refractivity contribution < 1.29 is 9.84 Å². The zero-order valence-corrected chi connectivity index (χ0v) is 15.8. The second-order valence-electron chi connectivity index (χ2n) is 6.88. The van der Waals surface area contributed by atoms with Crippen molar-refractivity contribution >= 4 is 0 Å². The molecule has 1 aliphatic heterocycles. The van der Waals surface area contributed by atoms with E-state index in [-0.39, 0.29) is 5.75 Å². The van der Waals surface area contributed by atoms with Crippen LogP contribution in [0.1, 0.15) is 31.0 Å². The van der Waals surface area contributed by atoms with Crippen LogP contribution in [0.3, 0.4) is 0 Å². The molecule has 0 amide bonds. The molecule has 2 aromatic rings. The number of phenols is 1. The van der Waals surface area contributed by atoms with E-state index in [4.69, 9.17) is 4.74 Å². The molecule has 0 saturated carbocycles. The molecule has 140 valence electrons. The third-order valence-electron chi connectivity index (χ3n) is 5.18. The highest BCUT2D eigenvalue weighted by Crippen LogP contribution is 2.31. The van der Waals surface area contributed by atoms with Crippen LogP contribution in [0.2, 0.25) is 0 Å². The molecule has 1 aliphatic rings. The first-order chi connectivity index (χ1) is 12.7. The Hall–Kier alpha value is -2.11. The first kappa shape index (κ1) is 18.7. The van der Waals surface area contributed by atoms with Gasteiger partial charge in [-0.1, -0.05) is 25.1 Å². The molecule has 26 heavy (non-hydrogen) atoms. The highest BCUT2D eigenvalue weighted by Gasteiger charge is 2.26. The van der Waals surface area contributed by atoms with Gasteiger partial charge in [0.05, 0.1) is 12.8 Å². The lowest BCUT2D eigenvalue weighted by Gasteiger charge is -2.30. The smallest absolute Gasteiger partial charge is 0.162 e. The molecule has 0 spiro atoms. The molecule has 1 saturated heterocycles. The number of ether oxygens (including phenoxy) is 1. The molecule has 5 heteroatoms. The summed E-state index contributed by atoms with van der Waals surface area (Å²) in [5.41, 5.74) is 1.94. The van der Waals surface area contributed by atoms with E-state index in [0.29, 0.717) is 18.3 Å². The van der Waals surface area contributed by atoms with Gasteiger partial charge in [0.2, 0.25) is 0 Å². The molecule has 1 N–H and O–H groups in total. The first-order valence-electron chi connectivity index (χ1n) is 9.42. The summed E-state index contributed by atoms with van der Waals surface area (Å²) >= 11 is 0. The molecule has 0 bridgehead atoms. The van der Waals surface area contributed by atoms with Crippen LogP contribution < -0.4 is 4.74 Å². The van der Waals surface area contributed by atoms with Gasteiger partial charge in [0.25, 0.3) is 0 Å². The maximum atomic E-state index is 10.5. The number of aromatic hydroxyl groups is 1. The van der Waals surface area contributed by atoms with Crippen LogP contribution in [0.5, 0.6) is 11.5 Å². The second kappa shape index (κ2) is 9.01. The Morgan fingerprint density at radius 2 is 2.12 bits per heavy atom. The van der Waals surface area contributed by atoms with E-state index in [9.17, 15) is 5.11 Å². The number of likely N-dealkylation sites (N-methyl/N-ethyl adjacent to an activating group) is 1. The lowest BCUT2D eigenvalue weighted by atomic mass is 10.1. The van der Waals surface area contributed by atoms with Gasteiger partial charge in [-0.05, 0) is 44.1 Å². The van der Waals surface area contributed by atoms with Gasteiger partial charge in [-0.25, -0.2) is 0 Å². The van der Waals surface area contributed by atoms with Crippen LogP contribution in [-0.2, 0) is 13.1 Å². The molecule has 2 heterocycles. The van der Waals surface area contributed by atoms with Crippen molar-refractivity contribution in [3.63, 3.8) is 0 Å². The molecule has 3 rings (SSSR count). The van der Waals surface area contributed by atoms with Gasteiger partial charge in [-0.3, -0.25) is 14.8 Å². The Bertz CT molecular complexity index is 693. The summed E-state index contributed by atoms with van der Waals surface area (Å²) in [5, 5.41) is 10.5. The summed E-state index contributed by atoms with van der Waals surface area (Å²) in [4.78, 5) is 9.42. The quantitative estimate of drug-likeness (QED) is 0.787. The number of phenolic OH excluding ortho intramolecular Hbond substituents is 1. The number of para-hydroxylation sites is 1. The minimum absolute atomic E-state index is 0.236. The minimum atomic E-state index is 0.236. The number of hydrogen-bond donors (Lipinski definition) is 1. The summed E-state index contributed by atoms with van der Waals surface area (Å²) in [6.45, 7) is 6.92. The predicted octanol–water partition coefficient (Wildman–Crippen LogP) is 3.28. The number of rotatable bonds is 8. The van der Waals surface area contributed by atoms with Crippen molar-refractivity contribution in [1.29, 1.82) is 0 Å². The summed E-state index contributed by atoms with van der Waals surface area (Å²) in [5.74, 6) is 0.760. The van der Waals surface area contributed by atoms with Crippen LogP contribution in [-0.4, -0.2) is 52.7 Å². The van der Waals surface area contributed by atoms with E-state index in [1.165, 1.54) is 19.4 Å². The molecule has 1 aromatic carbocycles. The molecule has 0 unspecified atom stereocenters. The number of benzene rings is 1. The zero-order chi connectivity index (χ0) is 18.4. The molecule has 1 atom stereocenters. The van der Waals surface area contributed by atoms with Gasteiger partial charge in [-0.2, -0.15) is 0 Å². The summed E-state index contributed by atoms with van der Waals surface area (Å²) in [7, 11) is 1.59. The monoisotopic (exact) mass is 355 g/mol. The maximum absolute atomic E-state index is 10.5. The van der Waals surface area contributed by atoms with Gasteiger partial charge >= 0.3 is 0 Å². The van der Waals surface area contributed by atoms with Gasteiger partial charge < -0.3 is 9.84 Å². The van der Waals surface area contributed by atoms with Crippen LogP contribution in [0.15, 0.2) is 42.6 Å². The molecular weight excluding hydrogens is 326 g/mol. The Morgan fingerprint density at radius 3 is 2.85 bits per heavy atom. The van der Waals surface area contributed by atoms with E-state index in [1.54, 1.807) is 13.2 Å². The Labute approximate surface area is 156 Å². The van der Waals surface area contributed by atoms with Gasteiger partial charge in [0.1, 0.15) is 0 Å². The molecule has 0 aliphatic carbocycles. The van der Waals surface area contributed by atoms with E-state index < -0.39 is 0 Å². The SMILES string of the molecule is CCN1CCC[C@H]1CN(Cc1ccccn1)Cc1cccc(OC)c1O. The fraction of sp³-hybridized carbons (Fsp3) is 0.476. The van der Waals surface area contributed by atoms with Crippen molar-refractivity contribution in [1.82, 2.24) is 14.8 Å². The molecule has 0 radical (unpaired) electrons. The summed E-state index contributed by atoms with van der Waals surface area (Å²) in [6.07, 6.45) is 4.33. The lowest BCUT2D eigenvalue weighted by Crippen LogP contribution is -2.39. The van der Waals surface area contributed by atoms with Crippen molar-refractivity contribution in [2.75, 3.05) is 26.7 Å². The van der Waals surface area contributed by atoms with Crippen molar-refractivity contribution in [2.24, 2.45) is 0 Å². The average molecular weight is 355 g/mol. The van der Waals surface area contributed by atoms with E-state index in [2.05, 4.69) is 27.8 Å². The van der Waals surface area contributed by atoms with Crippen molar-refractivity contribution in [3.8, 4) is 11.5 Å². The predicted molar refractivity (Wildman–Crippen MR) is 103 cm³/mol. The van der Waals surface area contributed by atoms with E-state index in [0.717, 1.165) is 30.9 Å². The van der Waals surface area contributed by atoms with Crippen LogP contribution in [0.25, 0.3) is 0 Å². The number of likely N-dealkylation sites (tertiary alicyclic amines) is 1. The number of nitrogens with zero attached hydrogens (tertiary/aromatic N) is 3. The van der Waals surface area contributed by atoms with Gasteiger partial charge in [0, 0.05) is 37.4 Å². The third-order valence-corrected chi connectivity index (χ3v) is 5.18. The standard InChI is InChI=1S/C21H29N3O2/c1-3-24-13-7-10-19(24)16-23(15-18-9-4-5-12-22-18)14-17-8-6-11-20(26-2)21(17)25/h4-6,8-9,11-12,19,25H,3,7,10,13-16H2,1-2H3/t19-/m0/s1. The summed E-state index contributed by atoms with van der Waals surface area (Å²) < 4.78 is 5.26. The first-order valence-corrected chi connectivity index (χ1v) is 9.42. The second-order valence-corrected chi connectivity index (χ2v) is 6.88. The van der Waals surface area contributed by atoms with Crippen LogP contribution in [0, 0.1) is 0 Å².